The Bertz CT molecular complexity index is 756. The summed E-state index contributed by atoms with van der Waals surface area (Å²) in [6.07, 6.45) is 5.01. The number of benzene rings is 1. The van der Waals surface area contributed by atoms with Crippen molar-refractivity contribution in [3.63, 3.8) is 0 Å². The zero-order valence-electron chi connectivity index (χ0n) is 15.5. The Morgan fingerprint density at radius 2 is 2.19 bits per heavy atom. The maximum absolute atomic E-state index is 9.49. The number of nitrogen functional groups attached to an aromatic ring is 1. The summed E-state index contributed by atoms with van der Waals surface area (Å²) in [6.45, 7) is 2.86. The highest BCUT2D eigenvalue weighted by Crippen LogP contribution is 2.32. The van der Waals surface area contributed by atoms with E-state index in [1.165, 1.54) is 0 Å². The molecule has 1 aromatic heterocycles. The van der Waals surface area contributed by atoms with E-state index in [2.05, 4.69) is 22.2 Å². The Morgan fingerprint density at radius 3 is 3.00 bits per heavy atom. The molecule has 0 radical (unpaired) electrons. The third-order valence-corrected chi connectivity index (χ3v) is 4.28. The summed E-state index contributed by atoms with van der Waals surface area (Å²) < 4.78 is 16.6. The van der Waals surface area contributed by atoms with Gasteiger partial charge in [0, 0.05) is 0 Å². The van der Waals surface area contributed by atoms with E-state index in [9.17, 15) is 5.11 Å². The first-order valence-electron chi connectivity index (χ1n) is 9.20. The van der Waals surface area contributed by atoms with Crippen LogP contribution in [0.2, 0.25) is 0 Å². The molecule has 3 rings (SSSR count). The van der Waals surface area contributed by atoms with Gasteiger partial charge in [-0.3, -0.25) is 0 Å². The van der Waals surface area contributed by atoms with Gasteiger partial charge < -0.3 is 30.4 Å². The molecular formula is C19H26N4O4. The normalized spacial score (nSPS) is 13.4. The van der Waals surface area contributed by atoms with Crippen LogP contribution in [0.25, 0.3) is 0 Å². The topological polar surface area (TPSA) is 112 Å². The summed E-state index contributed by atoms with van der Waals surface area (Å²) in [6, 6.07) is 5.86. The zero-order chi connectivity index (χ0) is 19.1. The Morgan fingerprint density at radius 1 is 1.33 bits per heavy atom. The lowest BCUT2D eigenvalue weighted by Crippen LogP contribution is -2.24. The fourth-order valence-corrected chi connectivity index (χ4v) is 2.90. The molecule has 4 N–H and O–H groups in total. The van der Waals surface area contributed by atoms with Crippen molar-refractivity contribution in [3.8, 4) is 17.2 Å². The molecule has 1 atom stereocenters. The van der Waals surface area contributed by atoms with Crippen molar-refractivity contribution in [2.45, 2.75) is 38.6 Å². The van der Waals surface area contributed by atoms with Crippen LogP contribution in [0.3, 0.4) is 0 Å². The molecule has 0 unspecified atom stereocenters. The molecular weight excluding hydrogens is 348 g/mol. The van der Waals surface area contributed by atoms with Crippen LogP contribution < -0.4 is 25.3 Å². The van der Waals surface area contributed by atoms with Crippen molar-refractivity contribution < 1.29 is 19.3 Å². The van der Waals surface area contributed by atoms with Crippen molar-refractivity contribution >= 4 is 11.8 Å². The number of aryl methyl sites for hydroxylation is 1. The van der Waals surface area contributed by atoms with Crippen LogP contribution in [-0.4, -0.2) is 41.1 Å². The van der Waals surface area contributed by atoms with Crippen molar-refractivity contribution in [1.29, 1.82) is 0 Å². The van der Waals surface area contributed by atoms with Crippen molar-refractivity contribution in [3.05, 3.63) is 30.0 Å². The number of ether oxygens (including phenoxy) is 3. The predicted octanol–water partition coefficient (Wildman–Crippen LogP) is 2.37. The molecule has 0 spiro atoms. The van der Waals surface area contributed by atoms with Gasteiger partial charge in [-0.1, -0.05) is 19.4 Å². The highest BCUT2D eigenvalue weighted by molar-refractivity contribution is 5.51. The number of hydrogen-bond acceptors (Lipinski definition) is 8. The molecule has 0 saturated heterocycles. The SMILES string of the molecule is CCC[C@@H](CO)Nc1nc(N)ncc1OCCCc1ccc2c(c1)OCO2. The van der Waals surface area contributed by atoms with Gasteiger partial charge in [-0.05, 0) is 37.0 Å². The van der Waals surface area contributed by atoms with Crippen LogP contribution in [0.15, 0.2) is 24.4 Å². The second-order valence-corrected chi connectivity index (χ2v) is 6.39. The predicted molar refractivity (Wildman–Crippen MR) is 102 cm³/mol. The summed E-state index contributed by atoms with van der Waals surface area (Å²) in [5.74, 6) is 2.79. The highest BCUT2D eigenvalue weighted by Gasteiger charge is 2.14. The molecule has 27 heavy (non-hydrogen) atoms. The zero-order valence-corrected chi connectivity index (χ0v) is 15.5. The first-order chi connectivity index (χ1) is 13.2. The average molecular weight is 374 g/mol. The number of nitrogens with one attached hydrogen (secondary N) is 1. The third kappa shape index (κ3) is 5.13. The van der Waals surface area contributed by atoms with Crippen LogP contribution in [0.4, 0.5) is 11.8 Å². The van der Waals surface area contributed by atoms with Gasteiger partial charge in [0.1, 0.15) is 0 Å². The Labute approximate surface area is 158 Å². The van der Waals surface area contributed by atoms with Gasteiger partial charge in [0.25, 0.3) is 0 Å². The number of nitrogens with zero attached hydrogens (tertiary/aromatic N) is 2. The first-order valence-corrected chi connectivity index (χ1v) is 9.20. The number of aliphatic hydroxyl groups excluding tert-OH is 1. The van der Waals surface area contributed by atoms with Crippen LogP contribution in [0, 0.1) is 0 Å². The average Bonchev–Trinajstić information content (AvgIpc) is 3.14. The fourth-order valence-electron chi connectivity index (χ4n) is 2.90. The standard InChI is InChI=1S/C19H26N4O4/c1-2-4-14(11-24)22-18-17(10-21-19(20)23-18)25-8-3-5-13-6-7-15-16(9-13)27-12-26-15/h6-7,9-10,14,24H,2-5,8,11-12H2,1H3,(H3,20,21,22,23)/t14-/m0/s1. The third-order valence-electron chi connectivity index (χ3n) is 4.28. The quantitative estimate of drug-likeness (QED) is 0.544. The van der Waals surface area contributed by atoms with Crippen molar-refractivity contribution in [2.24, 2.45) is 0 Å². The van der Waals surface area contributed by atoms with E-state index in [0.717, 1.165) is 42.7 Å². The number of aliphatic hydroxyl groups is 1. The summed E-state index contributed by atoms with van der Waals surface area (Å²) in [5.41, 5.74) is 6.86. The molecule has 2 aromatic rings. The summed E-state index contributed by atoms with van der Waals surface area (Å²) in [7, 11) is 0. The number of fused-ring (bicyclic) bond motifs is 1. The summed E-state index contributed by atoms with van der Waals surface area (Å²) >= 11 is 0. The van der Waals surface area contributed by atoms with E-state index in [1.807, 2.05) is 18.2 Å². The van der Waals surface area contributed by atoms with Crippen LogP contribution >= 0.6 is 0 Å². The van der Waals surface area contributed by atoms with Gasteiger partial charge in [0.15, 0.2) is 23.1 Å². The second kappa shape index (κ2) is 9.27. The van der Waals surface area contributed by atoms with Gasteiger partial charge >= 0.3 is 0 Å². The first kappa shape index (κ1) is 19.0. The maximum Gasteiger partial charge on any atom is 0.231 e. The number of rotatable bonds is 10. The number of anilines is 2. The van der Waals surface area contributed by atoms with Crippen molar-refractivity contribution in [1.82, 2.24) is 9.97 Å². The molecule has 0 fully saturated rings. The molecule has 0 aliphatic carbocycles. The minimum atomic E-state index is -0.0970. The van der Waals surface area contributed by atoms with Gasteiger partial charge in [-0.2, -0.15) is 4.98 Å². The molecule has 1 aliphatic heterocycles. The second-order valence-electron chi connectivity index (χ2n) is 6.39. The Balaban J connectivity index is 1.54. The van der Waals surface area contributed by atoms with Gasteiger partial charge in [-0.25, -0.2) is 4.98 Å². The fraction of sp³-hybridized carbons (Fsp3) is 0.474. The van der Waals surface area contributed by atoms with Gasteiger partial charge in [0.05, 0.1) is 25.5 Å². The molecule has 1 aromatic carbocycles. The van der Waals surface area contributed by atoms with Crippen molar-refractivity contribution in [2.75, 3.05) is 31.1 Å². The molecule has 2 heterocycles. The maximum atomic E-state index is 9.49. The summed E-state index contributed by atoms with van der Waals surface area (Å²) in [4.78, 5) is 8.21. The Kier molecular flexibility index (Phi) is 6.54. The number of hydrogen-bond donors (Lipinski definition) is 3. The Hall–Kier alpha value is -2.74. The smallest absolute Gasteiger partial charge is 0.231 e. The number of aromatic nitrogens is 2. The largest absolute Gasteiger partial charge is 0.488 e. The molecule has 8 nitrogen and oxygen atoms in total. The van der Waals surface area contributed by atoms with Gasteiger partial charge in [0.2, 0.25) is 12.7 Å². The van der Waals surface area contributed by atoms with Crippen LogP contribution in [0.1, 0.15) is 31.7 Å². The van der Waals surface area contributed by atoms with E-state index in [1.54, 1.807) is 6.20 Å². The number of nitrogens with two attached hydrogens (primary N) is 1. The van der Waals surface area contributed by atoms with Gasteiger partial charge in [-0.15, -0.1) is 0 Å². The van der Waals surface area contributed by atoms with Crippen LogP contribution in [0.5, 0.6) is 17.2 Å². The molecule has 8 heteroatoms. The van der Waals surface area contributed by atoms with E-state index < -0.39 is 0 Å². The minimum Gasteiger partial charge on any atom is -0.488 e. The molecule has 0 bridgehead atoms. The molecule has 0 amide bonds. The van der Waals surface area contributed by atoms with E-state index >= 15 is 0 Å². The molecule has 1 aliphatic rings. The molecule has 0 saturated carbocycles. The minimum absolute atomic E-state index is 0.0152. The summed E-state index contributed by atoms with van der Waals surface area (Å²) in [5, 5.41) is 12.7. The van der Waals surface area contributed by atoms with E-state index in [4.69, 9.17) is 19.9 Å². The monoisotopic (exact) mass is 374 g/mol. The lowest BCUT2D eigenvalue weighted by atomic mass is 10.1. The van der Waals surface area contributed by atoms with E-state index in [-0.39, 0.29) is 25.4 Å². The van der Waals surface area contributed by atoms with E-state index in [0.29, 0.717) is 18.2 Å². The lowest BCUT2D eigenvalue weighted by Gasteiger charge is -2.18. The highest BCUT2D eigenvalue weighted by atomic mass is 16.7. The van der Waals surface area contributed by atoms with Crippen LogP contribution in [-0.2, 0) is 6.42 Å². The lowest BCUT2D eigenvalue weighted by molar-refractivity contribution is 0.174. The molecule has 146 valence electrons.